The first-order valence-electron chi connectivity index (χ1n) is 13.6. The Kier molecular flexibility index (Phi) is 7.48. The Morgan fingerprint density at radius 1 is 0.975 bits per heavy atom. The summed E-state index contributed by atoms with van der Waals surface area (Å²) >= 11 is 0. The van der Waals surface area contributed by atoms with E-state index in [0.717, 1.165) is 38.9 Å². The molecular weight excluding hydrogens is 502 g/mol. The second-order valence-corrected chi connectivity index (χ2v) is 10.9. The molecule has 2 atom stereocenters. The minimum Gasteiger partial charge on any atom is -0.467 e. The SMILES string of the molecule is COC(=O)C(CC(C)C)NC(=O)CN1C(=O)c2ccccc2C1c1c(-c2ccc(C)cc2)n(C)c2ccccc12. The van der Waals surface area contributed by atoms with E-state index in [1.54, 1.807) is 4.90 Å². The number of aryl methyl sites for hydroxylation is 2. The molecule has 0 bridgehead atoms. The second kappa shape index (κ2) is 11.0. The first kappa shape index (κ1) is 27.2. The fourth-order valence-corrected chi connectivity index (χ4v) is 5.83. The average molecular weight is 538 g/mol. The number of para-hydroxylation sites is 1. The minimum absolute atomic E-state index is 0.169. The summed E-state index contributed by atoms with van der Waals surface area (Å²) in [6.07, 6.45) is 0.441. The number of methoxy groups -OCH3 is 1. The van der Waals surface area contributed by atoms with Crippen LogP contribution in [0.1, 0.15) is 53.4 Å². The molecule has 0 radical (unpaired) electrons. The number of benzene rings is 3. The van der Waals surface area contributed by atoms with Crippen LogP contribution < -0.4 is 5.32 Å². The highest BCUT2D eigenvalue weighted by Gasteiger charge is 2.41. The summed E-state index contributed by atoms with van der Waals surface area (Å²) in [6, 6.07) is 22.8. The number of carbonyl (C=O) groups is 3. The lowest BCUT2D eigenvalue weighted by atomic mass is 9.93. The van der Waals surface area contributed by atoms with Crippen LogP contribution >= 0.6 is 0 Å². The van der Waals surface area contributed by atoms with Crippen LogP contribution in [0.4, 0.5) is 0 Å². The number of fused-ring (bicyclic) bond motifs is 2. The van der Waals surface area contributed by atoms with Crippen LogP contribution in [-0.2, 0) is 21.4 Å². The third kappa shape index (κ3) is 4.88. The topological polar surface area (TPSA) is 80.6 Å². The zero-order valence-electron chi connectivity index (χ0n) is 23.6. The quantitative estimate of drug-likeness (QED) is 0.305. The maximum Gasteiger partial charge on any atom is 0.328 e. The van der Waals surface area contributed by atoms with Crippen molar-refractivity contribution in [1.82, 2.24) is 14.8 Å². The van der Waals surface area contributed by atoms with E-state index in [4.69, 9.17) is 4.74 Å². The Morgan fingerprint density at radius 2 is 1.65 bits per heavy atom. The maximum atomic E-state index is 13.9. The summed E-state index contributed by atoms with van der Waals surface area (Å²) in [4.78, 5) is 41.3. The van der Waals surface area contributed by atoms with Gasteiger partial charge in [0.15, 0.2) is 0 Å². The van der Waals surface area contributed by atoms with Gasteiger partial charge in [0.1, 0.15) is 12.6 Å². The molecule has 1 N–H and O–H groups in total. The molecule has 0 saturated heterocycles. The van der Waals surface area contributed by atoms with Crippen molar-refractivity contribution in [2.45, 2.75) is 39.3 Å². The molecule has 5 rings (SSSR count). The van der Waals surface area contributed by atoms with Crippen LogP contribution in [0.2, 0.25) is 0 Å². The lowest BCUT2D eigenvalue weighted by Gasteiger charge is -2.27. The van der Waals surface area contributed by atoms with Crippen molar-refractivity contribution in [3.05, 3.63) is 95.1 Å². The number of nitrogens with zero attached hydrogens (tertiary/aromatic N) is 2. The lowest BCUT2D eigenvalue weighted by Crippen LogP contribution is -2.47. The van der Waals surface area contributed by atoms with Crippen molar-refractivity contribution in [2.24, 2.45) is 13.0 Å². The summed E-state index contributed by atoms with van der Waals surface area (Å²) in [5.74, 6) is -0.940. The standard InChI is InChI=1S/C33H35N3O4/c1-20(2)18-26(33(39)40-5)34-28(37)19-36-31(23-10-6-7-11-24(23)32(36)38)29-25-12-8-9-13-27(25)35(4)30(29)22-16-14-21(3)15-17-22/h6-17,20,26,31H,18-19H2,1-5H3,(H,34,37). The van der Waals surface area contributed by atoms with Crippen LogP contribution in [-0.4, -0.2) is 46.9 Å². The Hall–Kier alpha value is -4.39. The lowest BCUT2D eigenvalue weighted by molar-refractivity contribution is -0.145. The van der Waals surface area contributed by atoms with E-state index in [-0.39, 0.29) is 18.4 Å². The van der Waals surface area contributed by atoms with Crippen LogP contribution in [0.25, 0.3) is 22.2 Å². The Bertz CT molecular complexity index is 1590. The van der Waals surface area contributed by atoms with Crippen LogP contribution in [0.5, 0.6) is 0 Å². The average Bonchev–Trinajstić information content (AvgIpc) is 3.38. The molecule has 0 fully saturated rings. The summed E-state index contributed by atoms with van der Waals surface area (Å²) in [5.41, 5.74) is 6.63. The molecule has 1 aliphatic heterocycles. The van der Waals surface area contributed by atoms with Gasteiger partial charge in [-0.25, -0.2) is 4.79 Å². The Morgan fingerprint density at radius 3 is 2.35 bits per heavy atom. The second-order valence-electron chi connectivity index (χ2n) is 10.9. The molecule has 1 aromatic heterocycles. The third-order valence-electron chi connectivity index (χ3n) is 7.64. The van der Waals surface area contributed by atoms with Crippen molar-refractivity contribution >= 4 is 28.7 Å². The Labute approximate surface area is 234 Å². The van der Waals surface area contributed by atoms with Gasteiger partial charge in [0.05, 0.1) is 18.8 Å². The predicted molar refractivity (Wildman–Crippen MR) is 156 cm³/mol. The molecule has 7 nitrogen and oxygen atoms in total. The number of carbonyl (C=O) groups excluding carboxylic acids is 3. The Balaban J connectivity index is 1.63. The van der Waals surface area contributed by atoms with Gasteiger partial charge < -0.3 is 19.5 Å². The molecule has 206 valence electrons. The van der Waals surface area contributed by atoms with Crippen LogP contribution in [0, 0.1) is 12.8 Å². The van der Waals surface area contributed by atoms with Gasteiger partial charge in [0, 0.05) is 29.1 Å². The molecule has 3 aromatic carbocycles. The number of aromatic nitrogens is 1. The molecule has 0 spiro atoms. The van der Waals surface area contributed by atoms with E-state index >= 15 is 0 Å². The zero-order chi connectivity index (χ0) is 28.6. The molecule has 0 aliphatic carbocycles. The molecule has 40 heavy (non-hydrogen) atoms. The van der Waals surface area contributed by atoms with Crippen molar-refractivity contribution < 1.29 is 19.1 Å². The van der Waals surface area contributed by atoms with E-state index in [1.165, 1.54) is 7.11 Å². The first-order chi connectivity index (χ1) is 19.2. The normalized spacial score (nSPS) is 15.4. The fraction of sp³-hybridized carbons (Fsp3) is 0.303. The monoisotopic (exact) mass is 537 g/mol. The molecular formula is C33H35N3O4. The summed E-state index contributed by atoms with van der Waals surface area (Å²) in [6.45, 7) is 5.82. The van der Waals surface area contributed by atoms with E-state index in [2.05, 4.69) is 53.2 Å². The first-order valence-corrected chi connectivity index (χ1v) is 13.6. The molecule has 2 unspecified atom stereocenters. The highest BCUT2D eigenvalue weighted by Crippen LogP contribution is 2.46. The van der Waals surface area contributed by atoms with Gasteiger partial charge in [0.25, 0.3) is 5.91 Å². The van der Waals surface area contributed by atoms with Crippen molar-refractivity contribution in [3.8, 4) is 11.3 Å². The highest BCUT2D eigenvalue weighted by molar-refractivity contribution is 6.04. The number of hydrogen-bond donors (Lipinski definition) is 1. The number of rotatable bonds is 8. The molecule has 4 aromatic rings. The molecule has 2 amide bonds. The van der Waals surface area contributed by atoms with Crippen LogP contribution in [0.3, 0.4) is 0 Å². The van der Waals surface area contributed by atoms with Crippen LogP contribution in [0.15, 0.2) is 72.8 Å². The van der Waals surface area contributed by atoms with Crippen molar-refractivity contribution in [3.63, 3.8) is 0 Å². The number of nitrogens with one attached hydrogen (secondary N) is 1. The number of ether oxygens (including phenoxy) is 1. The number of hydrogen-bond acceptors (Lipinski definition) is 4. The zero-order valence-corrected chi connectivity index (χ0v) is 23.6. The van der Waals surface area contributed by atoms with E-state index in [0.29, 0.717) is 12.0 Å². The number of amides is 2. The van der Waals surface area contributed by atoms with Crippen molar-refractivity contribution in [1.29, 1.82) is 0 Å². The van der Waals surface area contributed by atoms with Crippen molar-refractivity contribution in [2.75, 3.05) is 13.7 Å². The van der Waals surface area contributed by atoms with E-state index < -0.39 is 24.0 Å². The predicted octanol–water partition coefficient (Wildman–Crippen LogP) is 5.40. The fourth-order valence-electron chi connectivity index (χ4n) is 5.83. The third-order valence-corrected chi connectivity index (χ3v) is 7.64. The van der Waals surface area contributed by atoms with E-state index in [1.807, 2.05) is 57.3 Å². The highest BCUT2D eigenvalue weighted by atomic mass is 16.5. The summed E-state index contributed by atoms with van der Waals surface area (Å²) in [7, 11) is 3.35. The van der Waals surface area contributed by atoms with Gasteiger partial charge in [0.2, 0.25) is 5.91 Å². The molecule has 1 aliphatic rings. The minimum atomic E-state index is -0.781. The van der Waals surface area contributed by atoms with Gasteiger partial charge in [-0.3, -0.25) is 9.59 Å². The molecule has 7 heteroatoms. The smallest absolute Gasteiger partial charge is 0.328 e. The van der Waals surface area contributed by atoms with Gasteiger partial charge in [-0.2, -0.15) is 0 Å². The maximum absolute atomic E-state index is 13.9. The largest absolute Gasteiger partial charge is 0.467 e. The molecule has 0 saturated carbocycles. The number of esters is 1. The molecule has 2 heterocycles. The van der Waals surface area contributed by atoms with Gasteiger partial charge in [-0.15, -0.1) is 0 Å². The van der Waals surface area contributed by atoms with Gasteiger partial charge in [-0.05, 0) is 42.5 Å². The van der Waals surface area contributed by atoms with E-state index in [9.17, 15) is 14.4 Å². The van der Waals surface area contributed by atoms with Gasteiger partial charge >= 0.3 is 5.97 Å². The summed E-state index contributed by atoms with van der Waals surface area (Å²) in [5, 5.41) is 3.85. The van der Waals surface area contributed by atoms with Gasteiger partial charge in [-0.1, -0.05) is 80.1 Å². The summed E-state index contributed by atoms with van der Waals surface area (Å²) < 4.78 is 7.10.